The summed E-state index contributed by atoms with van der Waals surface area (Å²) < 4.78 is 3.29. The Kier molecular flexibility index (Phi) is 8.01. The first-order valence-corrected chi connectivity index (χ1v) is 13.6. The zero-order chi connectivity index (χ0) is 29.8. The maximum atomic E-state index is 13.0. The van der Waals surface area contributed by atoms with Crippen LogP contribution in [0.4, 0.5) is 11.4 Å². The normalized spacial score (nSPS) is 11.3. The Bertz CT molecular complexity index is 1810. The highest BCUT2D eigenvalue weighted by Crippen LogP contribution is 2.19. The Hall–Kier alpha value is -5.44. The van der Waals surface area contributed by atoms with Crippen molar-refractivity contribution in [3.05, 3.63) is 113 Å². The molecule has 0 aliphatic heterocycles. The maximum absolute atomic E-state index is 13.0. The molecule has 0 aliphatic rings. The first-order chi connectivity index (χ1) is 20.2. The smallest absolute Gasteiger partial charge is 0.272 e. The van der Waals surface area contributed by atoms with Crippen molar-refractivity contribution >= 4 is 52.2 Å². The second-order valence-corrected chi connectivity index (χ2v) is 10.4. The number of nitrogens with zero attached hydrogens (tertiary/aromatic N) is 3. The summed E-state index contributed by atoms with van der Waals surface area (Å²) in [5.41, 5.74) is 5.16. The van der Waals surface area contributed by atoms with Crippen molar-refractivity contribution in [2.45, 2.75) is 19.9 Å². The van der Waals surface area contributed by atoms with E-state index in [0.717, 1.165) is 22.0 Å². The molecule has 42 heavy (non-hydrogen) atoms. The quantitative estimate of drug-likeness (QED) is 0.225. The summed E-state index contributed by atoms with van der Waals surface area (Å²) in [5.74, 6) is -0.869. The second kappa shape index (κ2) is 12.0. The van der Waals surface area contributed by atoms with Crippen LogP contribution < -0.4 is 16.0 Å². The number of carbonyl (C=O) groups is 3. The van der Waals surface area contributed by atoms with Crippen LogP contribution in [0.25, 0.3) is 23.1 Å². The van der Waals surface area contributed by atoms with Crippen molar-refractivity contribution in [3.63, 3.8) is 0 Å². The topological polar surface area (TPSA) is 110 Å². The third kappa shape index (κ3) is 6.47. The van der Waals surface area contributed by atoms with E-state index in [4.69, 9.17) is 0 Å². The van der Waals surface area contributed by atoms with Gasteiger partial charge >= 0.3 is 0 Å². The Morgan fingerprint density at radius 1 is 0.738 bits per heavy atom. The van der Waals surface area contributed by atoms with Crippen LogP contribution in [0.5, 0.6) is 0 Å². The summed E-state index contributed by atoms with van der Waals surface area (Å²) in [6.45, 7) is 3.77. The number of pyridine rings is 1. The van der Waals surface area contributed by atoms with Gasteiger partial charge in [0.15, 0.2) is 0 Å². The highest BCUT2D eigenvalue weighted by Gasteiger charge is 2.17. The largest absolute Gasteiger partial charge is 0.349 e. The number of aryl methyl sites for hydroxylation is 2. The minimum absolute atomic E-state index is 0.00367. The van der Waals surface area contributed by atoms with E-state index < -0.39 is 0 Å². The van der Waals surface area contributed by atoms with Crippen LogP contribution >= 0.6 is 0 Å². The van der Waals surface area contributed by atoms with Crippen LogP contribution in [-0.2, 0) is 14.1 Å². The SMILES string of the molecule is CC(C)NC(=O)c1cc(NC(=O)c2cc(NC(=O)c3ccc(/C=C/c4cnc5ccccc5c4)cc3)cn2C)cn1C. The molecule has 9 nitrogen and oxygen atoms in total. The molecule has 0 unspecified atom stereocenters. The lowest BCUT2D eigenvalue weighted by molar-refractivity contribution is 0.0933. The van der Waals surface area contributed by atoms with Gasteiger partial charge in [0, 0.05) is 49.7 Å². The Morgan fingerprint density at radius 3 is 2.00 bits per heavy atom. The van der Waals surface area contributed by atoms with Crippen LogP contribution in [0.15, 0.2) is 85.3 Å². The van der Waals surface area contributed by atoms with Gasteiger partial charge in [0.1, 0.15) is 11.4 Å². The van der Waals surface area contributed by atoms with Crippen molar-refractivity contribution in [2.24, 2.45) is 14.1 Å². The molecule has 0 saturated heterocycles. The zero-order valence-corrected chi connectivity index (χ0v) is 23.9. The Morgan fingerprint density at radius 2 is 1.33 bits per heavy atom. The molecule has 3 heterocycles. The standard InChI is InChI=1S/C33H32N6O3/c1-21(2)35-32(41)29-17-27(20-38(29)3)37-33(42)30-16-26(19-39(30)4)36-31(40)24-13-11-22(12-14-24)9-10-23-15-25-7-5-6-8-28(25)34-18-23/h5-21H,1-4H3,(H,35,41)(H,36,40)(H,37,42)/b10-9+. The van der Waals surface area contributed by atoms with Crippen molar-refractivity contribution in [1.29, 1.82) is 0 Å². The summed E-state index contributed by atoms with van der Waals surface area (Å²) in [6.07, 6.45) is 9.15. The predicted molar refractivity (Wildman–Crippen MR) is 166 cm³/mol. The molecule has 0 atom stereocenters. The molecule has 0 radical (unpaired) electrons. The van der Waals surface area contributed by atoms with Gasteiger partial charge in [0.05, 0.1) is 16.9 Å². The molecule has 3 N–H and O–H groups in total. The fourth-order valence-electron chi connectivity index (χ4n) is 4.57. The maximum Gasteiger partial charge on any atom is 0.272 e. The molecule has 0 aliphatic carbocycles. The molecule has 0 spiro atoms. The molecule has 5 aromatic rings. The molecule has 3 aromatic heterocycles. The summed E-state index contributed by atoms with van der Waals surface area (Å²) in [7, 11) is 3.47. The molecular formula is C33H32N6O3. The van der Waals surface area contributed by atoms with Crippen molar-refractivity contribution in [3.8, 4) is 0 Å². The minimum Gasteiger partial charge on any atom is -0.349 e. The van der Waals surface area contributed by atoms with Gasteiger partial charge in [-0.05, 0) is 61.4 Å². The third-order valence-corrected chi connectivity index (χ3v) is 6.66. The van der Waals surface area contributed by atoms with E-state index in [9.17, 15) is 14.4 Å². The van der Waals surface area contributed by atoms with Gasteiger partial charge in [-0.25, -0.2) is 0 Å². The van der Waals surface area contributed by atoms with Gasteiger partial charge in [-0.3, -0.25) is 19.4 Å². The number of aromatic nitrogens is 3. The van der Waals surface area contributed by atoms with E-state index in [1.165, 1.54) is 0 Å². The number of benzene rings is 2. The molecule has 0 saturated carbocycles. The lowest BCUT2D eigenvalue weighted by Crippen LogP contribution is -2.31. The summed E-state index contributed by atoms with van der Waals surface area (Å²) >= 11 is 0. The molecule has 0 bridgehead atoms. The molecule has 3 amide bonds. The monoisotopic (exact) mass is 560 g/mol. The van der Waals surface area contributed by atoms with Crippen molar-refractivity contribution in [1.82, 2.24) is 19.4 Å². The molecular weight excluding hydrogens is 528 g/mol. The minimum atomic E-state index is -0.364. The number of amides is 3. The number of nitrogens with one attached hydrogen (secondary N) is 3. The van der Waals surface area contributed by atoms with Gasteiger partial charge in [0.25, 0.3) is 17.7 Å². The second-order valence-electron chi connectivity index (χ2n) is 10.4. The van der Waals surface area contributed by atoms with Crippen LogP contribution in [-0.4, -0.2) is 37.9 Å². The number of carbonyl (C=O) groups excluding carboxylic acids is 3. The molecule has 212 valence electrons. The summed E-state index contributed by atoms with van der Waals surface area (Å²) in [4.78, 5) is 42.7. The van der Waals surface area contributed by atoms with E-state index >= 15 is 0 Å². The number of fused-ring (bicyclic) bond motifs is 1. The number of hydrogen-bond acceptors (Lipinski definition) is 4. The number of anilines is 2. The van der Waals surface area contributed by atoms with Crippen molar-refractivity contribution < 1.29 is 14.4 Å². The van der Waals surface area contributed by atoms with Gasteiger partial charge in [-0.1, -0.05) is 42.5 Å². The van der Waals surface area contributed by atoms with E-state index in [1.54, 1.807) is 59.9 Å². The fourth-order valence-corrected chi connectivity index (χ4v) is 4.57. The highest BCUT2D eigenvalue weighted by atomic mass is 16.2. The molecule has 2 aromatic carbocycles. The Labute approximate surface area is 243 Å². The van der Waals surface area contributed by atoms with E-state index in [1.807, 2.05) is 68.6 Å². The fraction of sp³-hybridized carbons (Fsp3) is 0.152. The Balaban J connectivity index is 1.21. The molecule has 9 heteroatoms. The van der Waals surface area contributed by atoms with Crippen LogP contribution in [0.3, 0.4) is 0 Å². The summed E-state index contributed by atoms with van der Waals surface area (Å²) in [6, 6.07) is 20.5. The van der Waals surface area contributed by atoms with Gasteiger partial charge in [-0.15, -0.1) is 0 Å². The molecule has 0 fully saturated rings. The van der Waals surface area contributed by atoms with Crippen LogP contribution in [0.1, 0.15) is 56.3 Å². The van der Waals surface area contributed by atoms with Gasteiger partial charge in [-0.2, -0.15) is 0 Å². The average molecular weight is 561 g/mol. The number of para-hydroxylation sites is 1. The number of hydrogen-bond donors (Lipinski definition) is 3. The molecule has 5 rings (SSSR count). The summed E-state index contributed by atoms with van der Waals surface area (Å²) in [5, 5.41) is 9.60. The average Bonchev–Trinajstić information content (AvgIpc) is 3.52. The number of rotatable bonds is 8. The first kappa shape index (κ1) is 28.1. The van der Waals surface area contributed by atoms with E-state index in [2.05, 4.69) is 27.0 Å². The van der Waals surface area contributed by atoms with E-state index in [-0.39, 0.29) is 23.8 Å². The van der Waals surface area contributed by atoms with Gasteiger partial charge < -0.3 is 25.1 Å². The zero-order valence-electron chi connectivity index (χ0n) is 23.9. The van der Waals surface area contributed by atoms with Crippen LogP contribution in [0.2, 0.25) is 0 Å². The van der Waals surface area contributed by atoms with E-state index in [0.29, 0.717) is 28.3 Å². The predicted octanol–water partition coefficient (Wildman–Crippen LogP) is 5.73. The van der Waals surface area contributed by atoms with Gasteiger partial charge in [0.2, 0.25) is 0 Å². The lowest BCUT2D eigenvalue weighted by Gasteiger charge is -2.08. The highest BCUT2D eigenvalue weighted by molar-refractivity contribution is 6.07. The first-order valence-electron chi connectivity index (χ1n) is 13.6. The van der Waals surface area contributed by atoms with Crippen molar-refractivity contribution in [2.75, 3.05) is 10.6 Å². The lowest BCUT2D eigenvalue weighted by atomic mass is 10.1. The third-order valence-electron chi connectivity index (χ3n) is 6.66. The van der Waals surface area contributed by atoms with Crippen LogP contribution in [0, 0.1) is 0 Å².